The number of rotatable bonds is 10. The van der Waals surface area contributed by atoms with Gasteiger partial charge in [0.2, 0.25) is 0 Å². The average molecular weight is 967 g/mol. The van der Waals surface area contributed by atoms with E-state index in [0.29, 0.717) is 27.5 Å². The molecule has 7 aromatic carbocycles. The van der Waals surface area contributed by atoms with Gasteiger partial charge < -0.3 is 0 Å². The zero-order chi connectivity index (χ0) is 46.6. The SMILES string of the molecule is Cc1cc(-n2n3c4ccc5cc(S(=O)(=O)O)ccc5c4n23)c(C)cc1N=Nc1ccc(/C=C\c2ccc(-n3n4c5cc(S(=O)(=O)O)c6ccccc6c5n34)cc2S(=O)(=O)O)c(S(=O)(=O)O)c1. The number of aryl methyl sites for hydroxylation is 2. The van der Waals surface area contributed by atoms with E-state index in [1.807, 2.05) is 40.0 Å². The molecule has 0 aliphatic carbocycles. The third-order valence-corrected chi connectivity index (χ3v) is 15.1. The second-order valence-electron chi connectivity index (χ2n) is 15.6. The molecule has 0 atom stereocenters. The molecule has 4 N–H and O–H groups in total. The molecule has 24 heteroatoms. The van der Waals surface area contributed by atoms with Gasteiger partial charge in [-0.05, 0) is 102 Å². The Labute approximate surface area is 372 Å². The van der Waals surface area contributed by atoms with Crippen LogP contribution >= 0.6 is 0 Å². The van der Waals surface area contributed by atoms with Crippen LogP contribution in [-0.2, 0) is 40.5 Å². The lowest BCUT2D eigenvalue weighted by atomic mass is 10.1. The van der Waals surface area contributed by atoms with Gasteiger partial charge in [-0.1, -0.05) is 60.7 Å². The molecule has 11 aromatic rings. The van der Waals surface area contributed by atoms with Crippen molar-refractivity contribution in [2.75, 3.05) is 0 Å². The highest BCUT2D eigenvalue weighted by Gasteiger charge is 2.31. The summed E-state index contributed by atoms with van der Waals surface area (Å²) in [4.78, 5) is 1.85. The number of nitrogens with zero attached hydrogens (tertiary/aromatic N) is 8. The maximum absolute atomic E-state index is 12.7. The summed E-state index contributed by atoms with van der Waals surface area (Å²) in [6.45, 7) is 3.70. The van der Waals surface area contributed by atoms with Crippen LogP contribution < -0.4 is 0 Å². The van der Waals surface area contributed by atoms with Crippen LogP contribution in [0.5, 0.6) is 0 Å². The van der Waals surface area contributed by atoms with Crippen molar-refractivity contribution >= 4 is 108 Å². The van der Waals surface area contributed by atoms with Crippen LogP contribution in [0.2, 0.25) is 0 Å². The van der Waals surface area contributed by atoms with E-state index in [1.165, 1.54) is 70.1 Å². The molecule has 0 amide bonds. The highest BCUT2D eigenvalue weighted by atomic mass is 32.2. The molecule has 0 fully saturated rings. The smallest absolute Gasteiger partial charge is 0.282 e. The number of hydrogen-bond acceptors (Lipinski definition) is 10. The van der Waals surface area contributed by atoms with Crippen LogP contribution in [0.3, 0.4) is 0 Å². The Morgan fingerprint density at radius 1 is 0.485 bits per heavy atom. The quantitative estimate of drug-likeness (QED) is 0.0585. The number of fused-ring (bicyclic) bond motifs is 12. The summed E-state index contributed by atoms with van der Waals surface area (Å²) in [5, 5.41) is 10.8. The maximum atomic E-state index is 12.7. The zero-order valence-electron chi connectivity index (χ0n) is 33.8. The van der Waals surface area contributed by atoms with Crippen LogP contribution in [0.15, 0.2) is 139 Å². The van der Waals surface area contributed by atoms with E-state index in [1.54, 1.807) is 47.1 Å². The minimum Gasteiger partial charge on any atom is -0.282 e. The molecule has 0 saturated carbocycles. The van der Waals surface area contributed by atoms with Crippen molar-refractivity contribution in [3.8, 4) is 11.4 Å². The molecule has 0 unspecified atom stereocenters. The minimum absolute atomic E-state index is 0.0351. The number of aromatic nitrogens is 6. The van der Waals surface area contributed by atoms with Crippen molar-refractivity contribution in [1.29, 1.82) is 0 Å². The molecule has 11 rings (SSSR count). The van der Waals surface area contributed by atoms with E-state index in [2.05, 4.69) is 10.2 Å². The lowest BCUT2D eigenvalue weighted by Gasteiger charge is -2.07. The summed E-state index contributed by atoms with van der Waals surface area (Å²) in [5.74, 6) is 0. The predicted molar refractivity (Wildman–Crippen MR) is 241 cm³/mol. The van der Waals surface area contributed by atoms with Crippen LogP contribution in [0.4, 0.5) is 11.4 Å². The van der Waals surface area contributed by atoms with Gasteiger partial charge in [0.1, 0.15) is 36.8 Å². The lowest BCUT2D eigenvalue weighted by Crippen LogP contribution is -2.03. The fraction of sp³-hybridized carbons (Fsp3) is 0.0476. The zero-order valence-corrected chi connectivity index (χ0v) is 37.1. The fourth-order valence-electron chi connectivity index (χ4n) is 8.43. The Morgan fingerprint density at radius 3 is 1.79 bits per heavy atom. The molecule has 0 aliphatic heterocycles. The standard InChI is InChI=1S/C42H30N8O12S4/c1-23-18-36(47-46-35-16-11-27-19-30(63(51,52)53)14-15-31(27)41(35)50(46)47)24(2)17-34(23)44-43-28-12-9-25(38(20-28)64(54,55)56)7-8-26-10-13-29(21-39(26)65(57,58)59)45-48-37-22-40(66(60,61)62)32-5-3-4-6-33(32)42(37)49(45)48/h3-22H,1-2H3,(H,51,52,53)(H,54,55,56)(H,57,58,59)(H,60,61,62)/b8-7-,44-43?. The van der Waals surface area contributed by atoms with Crippen molar-refractivity contribution in [3.63, 3.8) is 0 Å². The molecule has 0 saturated heterocycles. The monoisotopic (exact) mass is 966 g/mol. The maximum Gasteiger partial charge on any atom is 0.295 e. The summed E-state index contributed by atoms with van der Waals surface area (Å²) >= 11 is 0. The molecular formula is C42H30N8O12S4. The van der Waals surface area contributed by atoms with E-state index in [9.17, 15) is 51.9 Å². The summed E-state index contributed by atoms with van der Waals surface area (Å²) in [5.41, 5.74) is 5.86. The van der Waals surface area contributed by atoms with E-state index in [0.717, 1.165) is 39.3 Å². The van der Waals surface area contributed by atoms with Crippen molar-refractivity contribution in [1.82, 2.24) is 28.1 Å². The largest absolute Gasteiger partial charge is 0.295 e. The highest BCUT2D eigenvalue weighted by Crippen LogP contribution is 2.39. The molecule has 0 bridgehead atoms. The van der Waals surface area contributed by atoms with Gasteiger partial charge in [-0.25, -0.2) is 0 Å². The molecule has 334 valence electrons. The number of hydrogen-bond donors (Lipinski definition) is 4. The van der Waals surface area contributed by atoms with Crippen molar-refractivity contribution < 1.29 is 51.9 Å². The normalized spacial score (nSPS) is 13.7. The van der Waals surface area contributed by atoms with Gasteiger partial charge in [-0.2, -0.15) is 53.5 Å². The summed E-state index contributed by atoms with van der Waals surface area (Å²) in [7, 11) is -18.7. The highest BCUT2D eigenvalue weighted by molar-refractivity contribution is 7.86. The Bertz CT molecular complexity index is 4430. The first-order valence-electron chi connectivity index (χ1n) is 19.4. The second-order valence-corrected chi connectivity index (χ2v) is 21.2. The van der Waals surface area contributed by atoms with Crippen molar-refractivity contribution in [2.24, 2.45) is 10.2 Å². The topological polar surface area (TPSA) is 270 Å². The first-order valence-corrected chi connectivity index (χ1v) is 25.2. The van der Waals surface area contributed by atoms with Crippen LogP contribution in [0.25, 0.3) is 67.1 Å². The Morgan fingerprint density at radius 2 is 1.11 bits per heavy atom. The molecule has 20 nitrogen and oxygen atoms in total. The van der Waals surface area contributed by atoms with Gasteiger partial charge in [0.15, 0.2) is 0 Å². The third-order valence-electron chi connectivity index (χ3n) is 11.5. The molecule has 4 heterocycles. The molecular weight excluding hydrogens is 937 g/mol. The van der Waals surface area contributed by atoms with Crippen LogP contribution in [0, 0.1) is 13.8 Å². The molecule has 0 spiro atoms. The first kappa shape index (κ1) is 41.5. The van der Waals surface area contributed by atoms with E-state index in [-0.39, 0.29) is 37.7 Å². The third kappa shape index (κ3) is 6.44. The van der Waals surface area contributed by atoms with Gasteiger partial charge in [0.25, 0.3) is 40.5 Å². The van der Waals surface area contributed by atoms with Crippen molar-refractivity contribution in [3.05, 3.63) is 131 Å². The summed E-state index contributed by atoms with van der Waals surface area (Å²) < 4.78 is 145. The summed E-state index contributed by atoms with van der Waals surface area (Å²) in [6.07, 6.45) is 2.50. The Hall–Kier alpha value is -7.16. The van der Waals surface area contributed by atoms with Crippen LogP contribution in [-0.4, -0.2) is 80.0 Å². The molecule has 4 aromatic heterocycles. The lowest BCUT2D eigenvalue weighted by molar-refractivity contribution is 0.480. The number of benzene rings is 7. The Kier molecular flexibility index (Phi) is 8.62. The van der Waals surface area contributed by atoms with E-state index < -0.39 is 50.3 Å². The second kappa shape index (κ2) is 13.7. The molecule has 0 radical (unpaired) electrons. The minimum atomic E-state index is -4.88. The predicted octanol–water partition coefficient (Wildman–Crippen LogP) is 7.65. The fourth-order valence-corrected chi connectivity index (χ4v) is 11.1. The Balaban J connectivity index is 0.881. The van der Waals surface area contributed by atoms with Gasteiger partial charge in [0.05, 0.1) is 27.6 Å². The van der Waals surface area contributed by atoms with Crippen LogP contribution in [0.1, 0.15) is 22.3 Å². The first-order chi connectivity index (χ1) is 31.1. The average Bonchev–Trinajstić information content (AvgIpc) is 4.10. The van der Waals surface area contributed by atoms with Gasteiger partial charge in [-0.15, -0.1) is 18.5 Å². The van der Waals surface area contributed by atoms with E-state index >= 15 is 0 Å². The van der Waals surface area contributed by atoms with Gasteiger partial charge in [0, 0.05) is 16.2 Å². The van der Waals surface area contributed by atoms with E-state index in [4.69, 9.17) is 0 Å². The summed E-state index contributed by atoms with van der Waals surface area (Å²) in [6, 6.07) is 27.6. The van der Waals surface area contributed by atoms with Crippen molar-refractivity contribution in [2.45, 2.75) is 33.4 Å². The van der Waals surface area contributed by atoms with Gasteiger partial charge in [-0.3, -0.25) is 18.2 Å². The number of azo groups is 1. The molecule has 0 aliphatic rings. The molecule has 66 heavy (non-hydrogen) atoms. The van der Waals surface area contributed by atoms with Gasteiger partial charge >= 0.3 is 0 Å².